The maximum Gasteiger partial charge on any atom is 0.305 e. The molecule has 3 aromatic rings. The fourth-order valence-electron chi connectivity index (χ4n) is 6.14. The molecule has 1 unspecified atom stereocenters. The molecule has 51 heavy (non-hydrogen) atoms. The average Bonchev–Trinajstić information content (AvgIpc) is 3.55. The predicted molar refractivity (Wildman–Crippen MR) is 191 cm³/mol. The van der Waals surface area contributed by atoms with Crippen LogP contribution in [0.5, 0.6) is 0 Å². The lowest BCUT2D eigenvalue weighted by Gasteiger charge is -2.36. The van der Waals surface area contributed by atoms with E-state index >= 15 is 0 Å². The van der Waals surface area contributed by atoms with Crippen LogP contribution in [-0.4, -0.2) is 116 Å². The van der Waals surface area contributed by atoms with Crippen molar-refractivity contribution in [2.24, 2.45) is 0 Å². The Labute approximate surface area is 299 Å². The number of hydrogen-bond donors (Lipinski definition) is 3. The molecule has 1 atom stereocenters. The Morgan fingerprint density at radius 2 is 1.37 bits per heavy atom. The van der Waals surface area contributed by atoms with E-state index in [2.05, 4.69) is 75.6 Å². The van der Waals surface area contributed by atoms with E-state index in [4.69, 9.17) is 33.9 Å². The third-order valence-corrected chi connectivity index (χ3v) is 8.69. The van der Waals surface area contributed by atoms with Crippen molar-refractivity contribution < 1.29 is 48.3 Å². The van der Waals surface area contributed by atoms with E-state index in [-0.39, 0.29) is 58.2 Å². The molecule has 0 aliphatic carbocycles. The van der Waals surface area contributed by atoms with Crippen molar-refractivity contribution in [3.05, 3.63) is 71.9 Å². The van der Waals surface area contributed by atoms with E-state index in [0.29, 0.717) is 39.1 Å². The zero-order valence-corrected chi connectivity index (χ0v) is 29.4. The van der Waals surface area contributed by atoms with Crippen LogP contribution < -0.4 is 5.32 Å². The van der Waals surface area contributed by atoms with Crippen molar-refractivity contribution in [2.45, 2.75) is 63.7 Å². The number of rotatable bonds is 26. The molecule has 1 aromatic heterocycles. The average molecular weight is 712 g/mol. The standard InChI is InChI=1S/C38H53N3O10/c42-36(39-32(28-50-20-14-37(43)44)29-51-21-15-38(45)46)13-19-47-23-25-49-26-24-48-22-18-40-17-12-33-31(9-6-11-35(33)40)27-41-16-5-4-10-34(41)30-7-2-1-3-8-30/h1-3,6-9,11-12,17,32,34H,4-5,10,13-16,18-29H2,(H,39,42)(H,43,44)(H,45,46). The third-order valence-electron chi connectivity index (χ3n) is 8.69. The molecule has 13 heteroatoms. The van der Waals surface area contributed by atoms with Gasteiger partial charge in [0, 0.05) is 42.7 Å². The summed E-state index contributed by atoms with van der Waals surface area (Å²) in [6, 6.07) is 19.6. The van der Waals surface area contributed by atoms with Crippen molar-refractivity contribution in [1.82, 2.24) is 14.8 Å². The highest BCUT2D eigenvalue weighted by Crippen LogP contribution is 2.33. The molecule has 1 aliphatic rings. The molecule has 0 bridgehead atoms. The summed E-state index contributed by atoms with van der Waals surface area (Å²) in [5, 5.41) is 21.5. The first kappa shape index (κ1) is 39.9. The second-order valence-electron chi connectivity index (χ2n) is 12.5. The monoisotopic (exact) mass is 711 g/mol. The molecule has 0 radical (unpaired) electrons. The van der Waals surface area contributed by atoms with E-state index in [1.54, 1.807) is 0 Å². The molecular formula is C38H53N3O10. The van der Waals surface area contributed by atoms with Gasteiger partial charge in [-0.05, 0) is 42.6 Å². The van der Waals surface area contributed by atoms with Gasteiger partial charge in [-0.2, -0.15) is 0 Å². The van der Waals surface area contributed by atoms with Crippen molar-refractivity contribution >= 4 is 28.7 Å². The van der Waals surface area contributed by atoms with Gasteiger partial charge in [-0.1, -0.05) is 48.9 Å². The SMILES string of the molecule is O=C(O)CCOCC(COCCC(=O)O)NC(=O)CCOCCOCCOCCn1ccc2c(CN3CCCCC3c3ccccc3)cccc21. The highest BCUT2D eigenvalue weighted by Gasteiger charge is 2.24. The minimum atomic E-state index is -0.988. The number of piperidine rings is 1. The van der Waals surface area contributed by atoms with Crippen molar-refractivity contribution in [1.29, 1.82) is 0 Å². The second-order valence-corrected chi connectivity index (χ2v) is 12.5. The fraction of sp³-hybridized carbons (Fsp3) is 0.553. The summed E-state index contributed by atoms with van der Waals surface area (Å²) >= 11 is 0. The first-order chi connectivity index (χ1) is 24.9. The molecule has 2 heterocycles. The molecule has 3 N–H and O–H groups in total. The van der Waals surface area contributed by atoms with Crippen LogP contribution in [0.4, 0.5) is 0 Å². The lowest BCUT2D eigenvalue weighted by molar-refractivity contribution is -0.139. The number of ether oxygens (including phenoxy) is 5. The number of nitrogens with zero attached hydrogens (tertiary/aromatic N) is 2. The maximum atomic E-state index is 12.3. The van der Waals surface area contributed by atoms with Crippen LogP contribution in [0, 0.1) is 0 Å². The van der Waals surface area contributed by atoms with Crippen molar-refractivity contribution in [3.8, 4) is 0 Å². The topological polar surface area (TPSA) is 158 Å². The minimum absolute atomic E-state index is 0.00832. The van der Waals surface area contributed by atoms with Crippen LogP contribution in [0.2, 0.25) is 0 Å². The number of hydrogen-bond acceptors (Lipinski definition) is 9. The number of amides is 1. The zero-order chi connectivity index (χ0) is 36.1. The number of carboxylic acid groups (broad SMARTS) is 2. The van der Waals surface area contributed by atoms with E-state index < -0.39 is 18.0 Å². The van der Waals surface area contributed by atoms with Crippen molar-refractivity contribution in [2.75, 3.05) is 72.6 Å². The predicted octanol–water partition coefficient (Wildman–Crippen LogP) is 4.28. The van der Waals surface area contributed by atoms with Crippen LogP contribution in [0.25, 0.3) is 10.9 Å². The summed E-state index contributed by atoms with van der Waals surface area (Å²) < 4.78 is 29.8. The molecular weight excluding hydrogens is 658 g/mol. The third kappa shape index (κ3) is 14.7. The zero-order valence-electron chi connectivity index (χ0n) is 29.4. The number of carbonyl (C=O) groups is 3. The highest BCUT2D eigenvalue weighted by molar-refractivity contribution is 5.83. The Hall–Kier alpha value is -3.85. The lowest BCUT2D eigenvalue weighted by atomic mass is 9.94. The molecule has 1 fully saturated rings. The number of likely N-dealkylation sites (tertiary alicyclic amines) is 1. The Balaban J connectivity index is 1.06. The quantitative estimate of drug-likeness (QED) is 0.102. The molecule has 13 nitrogen and oxygen atoms in total. The van der Waals surface area contributed by atoms with Gasteiger partial charge >= 0.3 is 11.9 Å². The number of nitrogens with one attached hydrogen (secondary N) is 1. The van der Waals surface area contributed by atoms with Gasteiger partial charge in [0.1, 0.15) is 0 Å². The van der Waals surface area contributed by atoms with Gasteiger partial charge in [0.25, 0.3) is 0 Å². The number of benzene rings is 2. The van der Waals surface area contributed by atoms with Crippen LogP contribution in [0.1, 0.15) is 55.7 Å². The number of aliphatic carboxylic acids is 2. The van der Waals surface area contributed by atoms with Gasteiger partial charge < -0.3 is 43.8 Å². The Morgan fingerprint density at radius 3 is 2.06 bits per heavy atom. The van der Waals surface area contributed by atoms with E-state index in [1.165, 1.54) is 41.3 Å². The fourth-order valence-corrected chi connectivity index (χ4v) is 6.14. The smallest absolute Gasteiger partial charge is 0.305 e. The van der Waals surface area contributed by atoms with Crippen LogP contribution in [-0.2, 0) is 51.2 Å². The Kier molecular flexibility index (Phi) is 17.9. The van der Waals surface area contributed by atoms with Gasteiger partial charge in [-0.15, -0.1) is 0 Å². The number of fused-ring (bicyclic) bond motifs is 1. The number of aromatic nitrogens is 1. The van der Waals surface area contributed by atoms with Crippen LogP contribution in [0.3, 0.4) is 0 Å². The first-order valence-electron chi connectivity index (χ1n) is 17.9. The molecule has 1 amide bonds. The van der Waals surface area contributed by atoms with Gasteiger partial charge in [0.15, 0.2) is 0 Å². The summed E-state index contributed by atoms with van der Waals surface area (Å²) in [6.07, 6.45) is 5.63. The normalized spacial score (nSPS) is 15.0. The van der Waals surface area contributed by atoms with Gasteiger partial charge in [0.2, 0.25) is 5.91 Å². The maximum absolute atomic E-state index is 12.3. The largest absolute Gasteiger partial charge is 0.481 e. The van der Waals surface area contributed by atoms with Gasteiger partial charge in [-0.25, -0.2) is 0 Å². The molecule has 1 aliphatic heterocycles. The van der Waals surface area contributed by atoms with Crippen molar-refractivity contribution in [3.63, 3.8) is 0 Å². The highest BCUT2D eigenvalue weighted by atomic mass is 16.5. The Bertz CT molecular complexity index is 1440. The summed E-state index contributed by atoms with van der Waals surface area (Å²) in [7, 11) is 0. The molecule has 1 saturated heterocycles. The molecule has 0 spiro atoms. The van der Waals surface area contributed by atoms with Gasteiger partial charge in [0.05, 0.1) is 85.0 Å². The van der Waals surface area contributed by atoms with E-state index in [9.17, 15) is 14.4 Å². The molecule has 0 saturated carbocycles. The first-order valence-corrected chi connectivity index (χ1v) is 17.9. The van der Waals surface area contributed by atoms with E-state index in [1.807, 2.05) is 0 Å². The molecule has 280 valence electrons. The van der Waals surface area contributed by atoms with Gasteiger partial charge in [-0.3, -0.25) is 19.3 Å². The van der Waals surface area contributed by atoms with Crippen LogP contribution >= 0.6 is 0 Å². The number of carboxylic acids is 2. The molecule has 2 aromatic carbocycles. The van der Waals surface area contributed by atoms with Crippen LogP contribution in [0.15, 0.2) is 60.8 Å². The Morgan fingerprint density at radius 1 is 0.725 bits per heavy atom. The summed E-state index contributed by atoms with van der Waals surface area (Å²) in [6.45, 7) is 5.23. The summed E-state index contributed by atoms with van der Waals surface area (Å²) in [5.74, 6) is -2.26. The second kappa shape index (κ2) is 22.9. The molecule has 4 rings (SSSR count). The summed E-state index contributed by atoms with van der Waals surface area (Å²) in [4.78, 5) is 36.3. The minimum Gasteiger partial charge on any atom is -0.481 e. The lowest BCUT2D eigenvalue weighted by Crippen LogP contribution is -2.42. The van der Waals surface area contributed by atoms with E-state index in [0.717, 1.165) is 19.6 Å². The number of carbonyl (C=O) groups excluding carboxylic acids is 1. The summed E-state index contributed by atoms with van der Waals surface area (Å²) in [5.41, 5.74) is 3.98.